The molecule has 0 bridgehead atoms. The molecule has 102 valence electrons. The summed E-state index contributed by atoms with van der Waals surface area (Å²) in [5.41, 5.74) is 0. The van der Waals surface area contributed by atoms with Crippen LogP contribution in [0.15, 0.2) is 24.5 Å². The van der Waals surface area contributed by atoms with E-state index in [1.54, 1.807) is 0 Å². The normalized spacial score (nSPS) is 10.9. The van der Waals surface area contributed by atoms with Gasteiger partial charge in [-0.05, 0) is 25.3 Å². The number of rotatable bonds is 9. The number of carbonyl (C=O) groups excluding carboxylic acids is 2. The minimum absolute atomic E-state index is 0.0601. The molecule has 0 aromatic rings. The molecule has 0 heterocycles. The maximum absolute atomic E-state index is 11.5. The summed E-state index contributed by atoms with van der Waals surface area (Å²) in [5, 5.41) is 17.1. The van der Waals surface area contributed by atoms with E-state index in [1.165, 1.54) is 6.08 Å². The van der Waals surface area contributed by atoms with Gasteiger partial charge in [-0.3, -0.25) is 0 Å². The number of hydrogen-bond donors (Lipinski definition) is 2. The Hall–Kier alpha value is -1.66. The van der Waals surface area contributed by atoms with Crippen LogP contribution in [-0.4, -0.2) is 42.0 Å². The highest BCUT2D eigenvalue weighted by Gasteiger charge is 2.15. The first-order valence-electron chi connectivity index (χ1n) is 5.59. The molecule has 0 fully saturated rings. The second-order valence-electron chi connectivity index (χ2n) is 3.27. The summed E-state index contributed by atoms with van der Waals surface area (Å²) >= 11 is 0. The molecule has 0 amide bonds. The lowest BCUT2D eigenvalue weighted by atomic mass is 10.2. The van der Waals surface area contributed by atoms with E-state index in [9.17, 15) is 9.59 Å². The van der Waals surface area contributed by atoms with Crippen LogP contribution < -0.4 is 0 Å². The molecule has 0 saturated carbocycles. The van der Waals surface area contributed by atoms with E-state index in [4.69, 9.17) is 14.9 Å². The van der Waals surface area contributed by atoms with Gasteiger partial charge in [-0.15, -0.1) is 0 Å². The highest BCUT2D eigenvalue weighted by Crippen LogP contribution is 2.06. The first kappa shape index (κ1) is 16.3. The standard InChI is InChI=1S/C12H18O6/c1-2-11(15)18-10(6-4-3-5-7-13)12(16)17-9-8-14/h2,6,13-14H,1,3-5,7-9H2/b10-6+. The first-order valence-corrected chi connectivity index (χ1v) is 5.59. The van der Waals surface area contributed by atoms with Crippen molar-refractivity contribution in [2.45, 2.75) is 19.3 Å². The third kappa shape index (κ3) is 7.59. The van der Waals surface area contributed by atoms with Crippen LogP contribution in [0.5, 0.6) is 0 Å². The number of aliphatic hydroxyl groups is 2. The van der Waals surface area contributed by atoms with Gasteiger partial charge >= 0.3 is 11.9 Å². The monoisotopic (exact) mass is 258 g/mol. The van der Waals surface area contributed by atoms with Crippen molar-refractivity contribution in [2.75, 3.05) is 19.8 Å². The Morgan fingerprint density at radius 2 is 1.89 bits per heavy atom. The fraction of sp³-hybridized carbons (Fsp3) is 0.500. The van der Waals surface area contributed by atoms with Crippen LogP contribution in [0.25, 0.3) is 0 Å². The predicted molar refractivity (Wildman–Crippen MR) is 63.4 cm³/mol. The molecule has 18 heavy (non-hydrogen) atoms. The lowest BCUT2D eigenvalue weighted by molar-refractivity contribution is -0.149. The Bertz CT molecular complexity index is 308. The van der Waals surface area contributed by atoms with Crippen LogP contribution in [0, 0.1) is 0 Å². The lowest BCUT2D eigenvalue weighted by Crippen LogP contribution is -2.15. The molecule has 0 radical (unpaired) electrons. The van der Waals surface area contributed by atoms with Gasteiger partial charge in [0, 0.05) is 12.7 Å². The number of unbranched alkanes of at least 4 members (excludes halogenated alkanes) is 2. The van der Waals surface area contributed by atoms with Crippen LogP contribution in [0.2, 0.25) is 0 Å². The van der Waals surface area contributed by atoms with Gasteiger partial charge in [-0.2, -0.15) is 0 Å². The Kier molecular flexibility index (Phi) is 9.52. The zero-order valence-corrected chi connectivity index (χ0v) is 10.1. The maximum Gasteiger partial charge on any atom is 0.374 e. The molecule has 0 aliphatic rings. The molecule has 6 heteroatoms. The largest absolute Gasteiger partial charge is 0.457 e. The van der Waals surface area contributed by atoms with Crippen molar-refractivity contribution in [3.8, 4) is 0 Å². The van der Waals surface area contributed by atoms with Crippen LogP contribution in [0.3, 0.4) is 0 Å². The van der Waals surface area contributed by atoms with Gasteiger partial charge in [0.25, 0.3) is 0 Å². The summed E-state index contributed by atoms with van der Waals surface area (Å²) in [5.74, 6) is -1.81. The van der Waals surface area contributed by atoms with E-state index in [1.807, 2.05) is 0 Å². The minimum Gasteiger partial charge on any atom is -0.457 e. The molecular weight excluding hydrogens is 240 g/mol. The van der Waals surface area contributed by atoms with E-state index < -0.39 is 11.9 Å². The SMILES string of the molecule is C=CC(=O)O/C(=C/CCCCO)C(=O)OCCO. The molecule has 6 nitrogen and oxygen atoms in total. The van der Waals surface area contributed by atoms with Crippen LogP contribution in [0.4, 0.5) is 0 Å². The summed E-state index contributed by atoms with van der Waals surface area (Å²) < 4.78 is 9.36. The summed E-state index contributed by atoms with van der Waals surface area (Å²) in [6.45, 7) is 2.80. The summed E-state index contributed by atoms with van der Waals surface area (Å²) in [7, 11) is 0. The van der Waals surface area contributed by atoms with Crippen molar-refractivity contribution in [1.82, 2.24) is 0 Å². The Morgan fingerprint density at radius 3 is 2.44 bits per heavy atom. The van der Waals surface area contributed by atoms with E-state index in [0.717, 1.165) is 6.08 Å². The minimum atomic E-state index is -0.816. The molecule has 0 saturated heterocycles. The third-order valence-corrected chi connectivity index (χ3v) is 1.84. The van der Waals surface area contributed by atoms with Crippen molar-refractivity contribution in [2.24, 2.45) is 0 Å². The van der Waals surface area contributed by atoms with Gasteiger partial charge in [0.1, 0.15) is 6.61 Å². The maximum atomic E-state index is 11.5. The molecule has 0 atom stereocenters. The van der Waals surface area contributed by atoms with Crippen LogP contribution in [0.1, 0.15) is 19.3 Å². The Balaban J connectivity index is 4.44. The van der Waals surface area contributed by atoms with Crippen molar-refractivity contribution < 1.29 is 29.3 Å². The molecule has 0 aromatic heterocycles. The first-order chi connectivity index (χ1) is 8.65. The third-order valence-electron chi connectivity index (χ3n) is 1.84. The van der Waals surface area contributed by atoms with Gasteiger partial charge in [-0.25, -0.2) is 9.59 Å². The molecule has 2 N–H and O–H groups in total. The molecule has 0 aromatic carbocycles. The number of carbonyl (C=O) groups is 2. The van der Waals surface area contributed by atoms with Gasteiger partial charge < -0.3 is 19.7 Å². The Morgan fingerprint density at radius 1 is 1.17 bits per heavy atom. The summed E-state index contributed by atoms with van der Waals surface area (Å²) in [6.07, 6.45) is 4.05. The van der Waals surface area contributed by atoms with Crippen molar-refractivity contribution in [1.29, 1.82) is 0 Å². The smallest absolute Gasteiger partial charge is 0.374 e. The van der Waals surface area contributed by atoms with Gasteiger partial charge in [0.2, 0.25) is 5.76 Å². The Labute approximate surface area is 106 Å². The number of hydrogen-bond acceptors (Lipinski definition) is 6. The summed E-state index contributed by atoms with van der Waals surface area (Å²) in [6, 6.07) is 0. The zero-order valence-electron chi connectivity index (χ0n) is 10.1. The van der Waals surface area contributed by atoms with E-state index in [2.05, 4.69) is 11.3 Å². The van der Waals surface area contributed by atoms with Gasteiger partial charge in [0.05, 0.1) is 6.61 Å². The fourth-order valence-corrected chi connectivity index (χ4v) is 1.02. The number of esters is 2. The number of ether oxygens (including phenoxy) is 2. The number of aliphatic hydroxyl groups excluding tert-OH is 2. The molecular formula is C12H18O6. The number of allylic oxidation sites excluding steroid dienone is 1. The fourth-order valence-electron chi connectivity index (χ4n) is 1.02. The average molecular weight is 258 g/mol. The molecule has 0 spiro atoms. The van der Waals surface area contributed by atoms with E-state index in [-0.39, 0.29) is 25.6 Å². The second kappa shape index (κ2) is 10.5. The molecule has 0 rings (SSSR count). The van der Waals surface area contributed by atoms with Crippen LogP contribution >= 0.6 is 0 Å². The lowest BCUT2D eigenvalue weighted by Gasteiger charge is -2.07. The van der Waals surface area contributed by atoms with Crippen molar-refractivity contribution >= 4 is 11.9 Å². The van der Waals surface area contributed by atoms with E-state index >= 15 is 0 Å². The van der Waals surface area contributed by atoms with Gasteiger partial charge in [0.15, 0.2) is 0 Å². The van der Waals surface area contributed by atoms with Crippen molar-refractivity contribution in [3.05, 3.63) is 24.5 Å². The second-order valence-corrected chi connectivity index (χ2v) is 3.27. The highest BCUT2D eigenvalue weighted by atomic mass is 16.6. The quantitative estimate of drug-likeness (QED) is 0.267. The summed E-state index contributed by atoms with van der Waals surface area (Å²) in [4.78, 5) is 22.5. The predicted octanol–water partition coefficient (Wildman–Crippen LogP) is 0.298. The molecule has 0 unspecified atom stereocenters. The molecule has 0 aliphatic carbocycles. The molecule has 0 aliphatic heterocycles. The zero-order chi connectivity index (χ0) is 13.8. The topological polar surface area (TPSA) is 93.1 Å². The highest BCUT2D eigenvalue weighted by molar-refractivity contribution is 5.92. The van der Waals surface area contributed by atoms with E-state index in [0.29, 0.717) is 19.3 Å². The average Bonchev–Trinajstić information content (AvgIpc) is 2.39. The van der Waals surface area contributed by atoms with Gasteiger partial charge in [-0.1, -0.05) is 6.58 Å². The van der Waals surface area contributed by atoms with Crippen molar-refractivity contribution in [3.63, 3.8) is 0 Å². The van der Waals surface area contributed by atoms with Crippen LogP contribution in [-0.2, 0) is 19.1 Å².